The highest BCUT2D eigenvalue weighted by Gasteiger charge is 2.42. The molecule has 204 valence electrons. The second-order valence-corrected chi connectivity index (χ2v) is 11.4. The molecule has 2 N–H and O–H groups in total. The Kier molecular flexibility index (Phi) is 9.74. The molecular weight excluding hydrogens is 470 g/mol. The van der Waals surface area contributed by atoms with Gasteiger partial charge in [0.25, 0.3) is 0 Å². The Morgan fingerprint density at radius 2 is 1.62 bits per heavy atom. The van der Waals surface area contributed by atoms with E-state index < -0.39 is 24.2 Å². The van der Waals surface area contributed by atoms with Crippen molar-refractivity contribution in [3.63, 3.8) is 0 Å². The van der Waals surface area contributed by atoms with E-state index in [1.165, 1.54) is 18.1 Å². The van der Waals surface area contributed by atoms with Crippen LogP contribution in [0.15, 0.2) is 24.3 Å². The Bertz CT molecular complexity index is 967. The Morgan fingerprint density at radius 1 is 1.00 bits per heavy atom. The van der Waals surface area contributed by atoms with Crippen LogP contribution in [0.5, 0.6) is 0 Å². The van der Waals surface area contributed by atoms with Crippen molar-refractivity contribution in [2.45, 2.75) is 97.9 Å². The summed E-state index contributed by atoms with van der Waals surface area (Å²) < 4.78 is 5.54. The van der Waals surface area contributed by atoms with Crippen LogP contribution in [0.25, 0.3) is 0 Å². The zero-order valence-corrected chi connectivity index (χ0v) is 23.1. The molecule has 1 aromatic carbocycles. The zero-order valence-electron chi connectivity index (χ0n) is 23.1. The highest BCUT2D eigenvalue weighted by atomic mass is 16.6. The molecular formula is C29H43N3O5. The van der Waals surface area contributed by atoms with Gasteiger partial charge in [-0.1, -0.05) is 52.0 Å². The monoisotopic (exact) mass is 513 g/mol. The molecule has 4 unspecified atom stereocenters. The van der Waals surface area contributed by atoms with Gasteiger partial charge in [0.2, 0.25) is 11.8 Å². The number of rotatable bonds is 10. The van der Waals surface area contributed by atoms with Gasteiger partial charge < -0.3 is 20.3 Å². The average molecular weight is 514 g/mol. The van der Waals surface area contributed by atoms with E-state index in [-0.39, 0.29) is 41.5 Å². The van der Waals surface area contributed by atoms with E-state index in [1.807, 2.05) is 46.8 Å². The van der Waals surface area contributed by atoms with E-state index in [2.05, 4.69) is 22.8 Å². The number of benzene rings is 1. The van der Waals surface area contributed by atoms with Gasteiger partial charge in [-0.3, -0.25) is 14.4 Å². The van der Waals surface area contributed by atoms with Crippen molar-refractivity contribution in [3.8, 4) is 0 Å². The van der Waals surface area contributed by atoms with Crippen LogP contribution in [0.2, 0.25) is 0 Å². The maximum absolute atomic E-state index is 14.0. The molecule has 0 radical (unpaired) electrons. The van der Waals surface area contributed by atoms with Crippen molar-refractivity contribution in [1.82, 2.24) is 15.5 Å². The fourth-order valence-electron chi connectivity index (χ4n) is 5.22. The predicted octanol–water partition coefficient (Wildman–Crippen LogP) is 3.65. The number of alkyl carbamates (subject to hydrolysis) is 1. The number of fused-ring (bicyclic) bond motifs is 1. The Morgan fingerprint density at radius 3 is 2.16 bits per heavy atom. The molecule has 1 saturated heterocycles. The van der Waals surface area contributed by atoms with Crippen molar-refractivity contribution in [2.24, 2.45) is 17.8 Å². The summed E-state index contributed by atoms with van der Waals surface area (Å²) in [4.78, 5) is 53.8. The van der Waals surface area contributed by atoms with Crippen LogP contribution in [-0.4, -0.2) is 59.4 Å². The van der Waals surface area contributed by atoms with E-state index >= 15 is 0 Å². The molecule has 1 fully saturated rings. The smallest absolute Gasteiger partial charge is 0.408 e. The number of hydrogen-bond donors (Lipinski definition) is 2. The molecule has 37 heavy (non-hydrogen) atoms. The minimum absolute atomic E-state index is 0.0943. The van der Waals surface area contributed by atoms with Crippen LogP contribution < -0.4 is 10.6 Å². The number of likely N-dealkylation sites (tertiary alicyclic amines) is 1. The minimum atomic E-state index is -0.813. The fourth-order valence-corrected chi connectivity index (χ4v) is 5.22. The molecule has 3 rings (SSSR count). The van der Waals surface area contributed by atoms with Crippen molar-refractivity contribution < 1.29 is 23.9 Å². The number of carbonyl (C=O) groups excluding carboxylic acids is 4. The molecule has 0 saturated carbocycles. The lowest BCUT2D eigenvalue weighted by atomic mass is 9.95. The van der Waals surface area contributed by atoms with E-state index in [0.717, 1.165) is 0 Å². The van der Waals surface area contributed by atoms with Gasteiger partial charge in [-0.2, -0.15) is 0 Å². The third-order valence-electron chi connectivity index (χ3n) is 7.68. The normalized spacial score (nSPS) is 19.9. The lowest BCUT2D eigenvalue weighted by Gasteiger charge is -2.32. The molecule has 1 aliphatic carbocycles. The van der Waals surface area contributed by atoms with E-state index in [9.17, 15) is 19.2 Å². The van der Waals surface area contributed by atoms with Gasteiger partial charge in [-0.05, 0) is 74.8 Å². The second-order valence-electron chi connectivity index (χ2n) is 11.4. The number of Topliss-reactive ketones (excluding diaryl/α,β-unsaturated/α-hetero) is 1. The highest BCUT2D eigenvalue weighted by Crippen LogP contribution is 2.31. The van der Waals surface area contributed by atoms with Gasteiger partial charge in [0.05, 0.1) is 6.04 Å². The molecule has 0 spiro atoms. The number of amides is 3. The van der Waals surface area contributed by atoms with Crippen LogP contribution in [0.1, 0.15) is 71.9 Å². The van der Waals surface area contributed by atoms with Crippen LogP contribution in [0, 0.1) is 17.8 Å². The molecule has 1 aromatic rings. The lowest BCUT2D eigenvalue weighted by Crippen LogP contribution is -2.57. The van der Waals surface area contributed by atoms with Gasteiger partial charge in [0.15, 0.2) is 5.78 Å². The molecule has 0 bridgehead atoms. The van der Waals surface area contributed by atoms with Gasteiger partial charge in [-0.15, -0.1) is 0 Å². The summed E-state index contributed by atoms with van der Waals surface area (Å²) in [6.07, 6.45) is 2.17. The van der Waals surface area contributed by atoms with Gasteiger partial charge >= 0.3 is 6.09 Å². The molecule has 3 amide bonds. The molecule has 8 nitrogen and oxygen atoms in total. The summed E-state index contributed by atoms with van der Waals surface area (Å²) in [6.45, 7) is 11.7. The summed E-state index contributed by atoms with van der Waals surface area (Å²) in [5.74, 6) is -0.427. The van der Waals surface area contributed by atoms with Crippen molar-refractivity contribution in [2.75, 3.05) is 6.54 Å². The maximum atomic E-state index is 14.0. The van der Waals surface area contributed by atoms with E-state index in [1.54, 1.807) is 4.90 Å². The molecule has 1 aliphatic heterocycles. The summed E-state index contributed by atoms with van der Waals surface area (Å²) >= 11 is 0. The third kappa shape index (κ3) is 7.33. The Hall–Kier alpha value is -2.90. The van der Waals surface area contributed by atoms with E-state index in [0.29, 0.717) is 38.6 Å². The standard InChI is InChI=1S/C29H43N3O5/c1-17(2)14-24(19(5)33)30-27(34)25-12-9-13-32(25)28(35)26(31-29(36)37-20(6)18(3)4)23-15-21-10-7-8-11-22(21)16-23/h7-8,10-11,17-18,20,23-26H,9,12-16H2,1-6H3,(H,30,34)(H,31,36). The SMILES string of the molecule is CC(=O)C(CC(C)C)NC(=O)C1CCCN1C(=O)C(NC(=O)OC(C)C(C)C)C1Cc2ccccc2C1. The van der Waals surface area contributed by atoms with Crippen LogP contribution >= 0.6 is 0 Å². The quantitative estimate of drug-likeness (QED) is 0.497. The zero-order chi connectivity index (χ0) is 27.3. The maximum Gasteiger partial charge on any atom is 0.408 e. The van der Waals surface area contributed by atoms with Gasteiger partial charge in [-0.25, -0.2) is 4.79 Å². The van der Waals surface area contributed by atoms with E-state index in [4.69, 9.17) is 4.74 Å². The topological polar surface area (TPSA) is 105 Å². The predicted molar refractivity (Wildman–Crippen MR) is 142 cm³/mol. The minimum Gasteiger partial charge on any atom is -0.446 e. The summed E-state index contributed by atoms with van der Waals surface area (Å²) in [5, 5.41) is 5.74. The first-order chi connectivity index (χ1) is 17.5. The number of carbonyl (C=O) groups is 4. The summed E-state index contributed by atoms with van der Waals surface area (Å²) in [6, 6.07) is 6.02. The number of ether oxygens (including phenoxy) is 1. The molecule has 8 heteroatoms. The Balaban J connectivity index is 1.79. The first-order valence-electron chi connectivity index (χ1n) is 13.6. The fraction of sp³-hybridized carbons (Fsp3) is 0.655. The van der Waals surface area contributed by atoms with Crippen LogP contribution in [0.3, 0.4) is 0 Å². The first-order valence-corrected chi connectivity index (χ1v) is 13.6. The summed E-state index contributed by atoms with van der Waals surface area (Å²) in [5.41, 5.74) is 2.34. The first kappa shape index (κ1) is 28.7. The third-order valence-corrected chi connectivity index (χ3v) is 7.68. The van der Waals surface area contributed by atoms with Gasteiger partial charge in [0.1, 0.15) is 18.2 Å². The Labute approximate surface area is 220 Å². The molecule has 0 aromatic heterocycles. The largest absolute Gasteiger partial charge is 0.446 e. The molecule has 2 aliphatic rings. The van der Waals surface area contributed by atoms with Crippen molar-refractivity contribution in [3.05, 3.63) is 35.4 Å². The number of nitrogens with zero attached hydrogens (tertiary/aromatic N) is 1. The van der Waals surface area contributed by atoms with Crippen molar-refractivity contribution in [1.29, 1.82) is 0 Å². The molecule has 4 atom stereocenters. The highest BCUT2D eigenvalue weighted by molar-refractivity contribution is 5.94. The van der Waals surface area contributed by atoms with Crippen LogP contribution in [-0.2, 0) is 32.0 Å². The molecule has 1 heterocycles. The van der Waals surface area contributed by atoms with Crippen molar-refractivity contribution >= 4 is 23.7 Å². The number of ketones is 1. The number of nitrogens with one attached hydrogen (secondary N) is 2. The average Bonchev–Trinajstić information content (AvgIpc) is 3.48. The van der Waals surface area contributed by atoms with Gasteiger partial charge in [0, 0.05) is 6.54 Å². The summed E-state index contributed by atoms with van der Waals surface area (Å²) in [7, 11) is 0. The number of hydrogen-bond acceptors (Lipinski definition) is 5. The second kappa shape index (κ2) is 12.6. The van der Waals surface area contributed by atoms with Crippen LogP contribution in [0.4, 0.5) is 4.79 Å². The lowest BCUT2D eigenvalue weighted by molar-refractivity contribution is -0.141.